The Labute approximate surface area is 113 Å². The minimum absolute atomic E-state index is 0.900. The second kappa shape index (κ2) is 6.16. The Balaban J connectivity index is 2.14. The van der Waals surface area contributed by atoms with Gasteiger partial charge in [0.05, 0.1) is 12.2 Å². The van der Waals surface area contributed by atoms with Crippen LogP contribution in [0.15, 0.2) is 18.2 Å². The molecule has 2 aromatic heterocycles. The van der Waals surface area contributed by atoms with Gasteiger partial charge in [-0.1, -0.05) is 13.8 Å². The van der Waals surface area contributed by atoms with Gasteiger partial charge in [-0.25, -0.2) is 0 Å². The van der Waals surface area contributed by atoms with Crippen molar-refractivity contribution in [1.82, 2.24) is 15.1 Å². The van der Waals surface area contributed by atoms with Crippen molar-refractivity contribution in [2.45, 2.75) is 39.8 Å². The van der Waals surface area contributed by atoms with Gasteiger partial charge in [0.15, 0.2) is 0 Å². The molecule has 0 saturated carbocycles. The minimum atomic E-state index is 0.900. The van der Waals surface area contributed by atoms with Gasteiger partial charge in [-0.15, -0.1) is 11.3 Å². The molecular formula is C14H21N3S. The average molecular weight is 263 g/mol. The molecule has 2 heterocycles. The van der Waals surface area contributed by atoms with Gasteiger partial charge >= 0.3 is 0 Å². The second-order valence-electron chi connectivity index (χ2n) is 4.39. The molecule has 0 aliphatic heterocycles. The number of nitrogens with zero attached hydrogens (tertiary/aromatic N) is 2. The Bertz CT molecular complexity index is 499. The van der Waals surface area contributed by atoms with E-state index in [2.05, 4.69) is 47.1 Å². The lowest BCUT2D eigenvalue weighted by atomic mass is 10.2. The van der Waals surface area contributed by atoms with Crippen LogP contribution in [0.2, 0.25) is 0 Å². The summed E-state index contributed by atoms with van der Waals surface area (Å²) in [6, 6.07) is 6.64. The van der Waals surface area contributed by atoms with Crippen molar-refractivity contribution in [3.05, 3.63) is 39.3 Å². The lowest BCUT2D eigenvalue weighted by molar-refractivity contribution is 0.646. The van der Waals surface area contributed by atoms with E-state index in [0.29, 0.717) is 0 Å². The Morgan fingerprint density at radius 3 is 2.67 bits per heavy atom. The first-order valence-electron chi connectivity index (χ1n) is 6.54. The van der Waals surface area contributed by atoms with Gasteiger partial charge in [-0.2, -0.15) is 5.10 Å². The van der Waals surface area contributed by atoms with Gasteiger partial charge in [0.1, 0.15) is 0 Å². The van der Waals surface area contributed by atoms with Crippen molar-refractivity contribution < 1.29 is 0 Å². The maximum Gasteiger partial charge on any atom is 0.0755 e. The van der Waals surface area contributed by atoms with Crippen LogP contribution in [0.25, 0.3) is 0 Å². The number of nitrogens with one attached hydrogen (secondary N) is 1. The summed E-state index contributed by atoms with van der Waals surface area (Å²) in [6.45, 7) is 6.19. The topological polar surface area (TPSA) is 29.9 Å². The molecule has 0 saturated heterocycles. The van der Waals surface area contributed by atoms with Crippen LogP contribution in [0.5, 0.6) is 0 Å². The molecule has 0 spiro atoms. The summed E-state index contributed by atoms with van der Waals surface area (Å²) in [5.41, 5.74) is 2.52. The van der Waals surface area contributed by atoms with Crippen molar-refractivity contribution >= 4 is 11.3 Å². The maximum absolute atomic E-state index is 4.66. The van der Waals surface area contributed by atoms with Crippen molar-refractivity contribution in [3.63, 3.8) is 0 Å². The van der Waals surface area contributed by atoms with E-state index in [1.54, 1.807) is 0 Å². The molecule has 98 valence electrons. The van der Waals surface area contributed by atoms with Gasteiger partial charge in [0.2, 0.25) is 0 Å². The van der Waals surface area contributed by atoms with Gasteiger partial charge in [-0.3, -0.25) is 4.68 Å². The zero-order chi connectivity index (χ0) is 13.0. The first-order valence-corrected chi connectivity index (χ1v) is 7.36. The molecule has 2 aromatic rings. The molecule has 18 heavy (non-hydrogen) atoms. The number of thiophene rings is 1. The van der Waals surface area contributed by atoms with Crippen LogP contribution in [0, 0.1) is 0 Å². The molecule has 0 bridgehead atoms. The molecule has 0 radical (unpaired) electrons. The third-order valence-corrected chi connectivity index (χ3v) is 4.08. The van der Waals surface area contributed by atoms with Crippen LogP contribution in [-0.2, 0) is 25.9 Å². The Morgan fingerprint density at radius 1 is 1.22 bits per heavy atom. The number of aryl methyl sites for hydroxylation is 2. The quantitative estimate of drug-likeness (QED) is 0.868. The molecule has 4 heteroatoms. The fourth-order valence-electron chi connectivity index (χ4n) is 2.03. The molecule has 0 amide bonds. The summed E-state index contributed by atoms with van der Waals surface area (Å²) < 4.78 is 2.15. The highest BCUT2D eigenvalue weighted by Gasteiger charge is 2.07. The van der Waals surface area contributed by atoms with Crippen LogP contribution in [0.3, 0.4) is 0 Å². The van der Waals surface area contributed by atoms with E-state index >= 15 is 0 Å². The van der Waals surface area contributed by atoms with Gasteiger partial charge in [0.25, 0.3) is 0 Å². The lowest BCUT2D eigenvalue weighted by Crippen LogP contribution is -2.05. The van der Waals surface area contributed by atoms with E-state index in [4.69, 9.17) is 0 Å². The summed E-state index contributed by atoms with van der Waals surface area (Å²) in [7, 11) is 1.98. The van der Waals surface area contributed by atoms with Crippen LogP contribution >= 0.6 is 11.3 Å². The van der Waals surface area contributed by atoms with Crippen molar-refractivity contribution in [2.75, 3.05) is 7.05 Å². The standard InChI is InChI=1S/C14H21N3S/c1-4-11-8-12(5-2)17(16-11)10-14-7-6-13(18-14)9-15-3/h6-8,15H,4-5,9-10H2,1-3H3. The lowest BCUT2D eigenvalue weighted by Gasteiger charge is -2.03. The second-order valence-corrected chi connectivity index (χ2v) is 5.64. The van der Waals surface area contributed by atoms with E-state index in [1.165, 1.54) is 21.1 Å². The summed E-state index contributed by atoms with van der Waals surface area (Å²) in [5.74, 6) is 0. The molecule has 0 unspecified atom stereocenters. The predicted octanol–water partition coefficient (Wildman–Crippen LogP) is 2.84. The van der Waals surface area contributed by atoms with E-state index in [1.807, 2.05) is 18.4 Å². The molecule has 0 aliphatic rings. The molecule has 2 rings (SSSR count). The minimum Gasteiger partial charge on any atom is -0.315 e. The van der Waals surface area contributed by atoms with E-state index in [-0.39, 0.29) is 0 Å². The molecule has 0 aromatic carbocycles. The monoisotopic (exact) mass is 263 g/mol. The largest absolute Gasteiger partial charge is 0.315 e. The Hall–Kier alpha value is -1.13. The molecule has 0 fully saturated rings. The van der Waals surface area contributed by atoms with Gasteiger partial charge < -0.3 is 5.32 Å². The normalized spacial score (nSPS) is 11.1. The fraction of sp³-hybridized carbons (Fsp3) is 0.500. The highest BCUT2D eigenvalue weighted by atomic mass is 32.1. The van der Waals surface area contributed by atoms with E-state index in [0.717, 1.165) is 25.9 Å². The van der Waals surface area contributed by atoms with Crippen LogP contribution in [0.1, 0.15) is 35.0 Å². The first-order chi connectivity index (χ1) is 8.76. The molecule has 0 atom stereocenters. The Kier molecular flexibility index (Phi) is 4.55. The predicted molar refractivity (Wildman–Crippen MR) is 77.2 cm³/mol. The van der Waals surface area contributed by atoms with Crippen molar-refractivity contribution in [1.29, 1.82) is 0 Å². The van der Waals surface area contributed by atoms with Crippen molar-refractivity contribution in [2.24, 2.45) is 0 Å². The molecule has 1 N–H and O–H groups in total. The summed E-state index contributed by atoms with van der Waals surface area (Å²) >= 11 is 1.87. The van der Waals surface area contributed by atoms with E-state index < -0.39 is 0 Å². The SMILES string of the molecule is CCc1cc(CC)n(Cc2ccc(CNC)s2)n1. The summed E-state index contributed by atoms with van der Waals surface area (Å²) in [6.07, 6.45) is 2.05. The summed E-state index contributed by atoms with van der Waals surface area (Å²) in [5, 5.41) is 7.84. The number of hydrogen-bond acceptors (Lipinski definition) is 3. The van der Waals surface area contributed by atoms with Gasteiger partial charge in [0, 0.05) is 22.0 Å². The first kappa shape index (κ1) is 13.3. The van der Waals surface area contributed by atoms with E-state index in [9.17, 15) is 0 Å². The summed E-state index contributed by atoms with van der Waals surface area (Å²) in [4.78, 5) is 2.76. The number of hydrogen-bond donors (Lipinski definition) is 1. The van der Waals surface area contributed by atoms with Crippen LogP contribution in [-0.4, -0.2) is 16.8 Å². The third kappa shape index (κ3) is 3.00. The smallest absolute Gasteiger partial charge is 0.0755 e. The van der Waals surface area contributed by atoms with Gasteiger partial charge in [-0.05, 0) is 38.1 Å². The zero-order valence-electron chi connectivity index (χ0n) is 11.4. The van der Waals surface area contributed by atoms with Crippen molar-refractivity contribution in [3.8, 4) is 0 Å². The van der Waals surface area contributed by atoms with Crippen LogP contribution < -0.4 is 5.32 Å². The van der Waals surface area contributed by atoms with Crippen LogP contribution in [0.4, 0.5) is 0 Å². The molecule has 3 nitrogen and oxygen atoms in total. The fourth-order valence-corrected chi connectivity index (χ4v) is 3.05. The average Bonchev–Trinajstić information content (AvgIpc) is 2.97. The highest BCUT2D eigenvalue weighted by molar-refractivity contribution is 7.11. The number of rotatable bonds is 6. The Morgan fingerprint density at radius 2 is 2.00 bits per heavy atom. The molecule has 0 aliphatic carbocycles. The maximum atomic E-state index is 4.66. The zero-order valence-corrected chi connectivity index (χ0v) is 12.2. The highest BCUT2D eigenvalue weighted by Crippen LogP contribution is 2.18. The molecular weight excluding hydrogens is 242 g/mol. The third-order valence-electron chi connectivity index (χ3n) is 3.01. The number of aromatic nitrogens is 2.